The smallest absolute Gasteiger partial charge is 0.157 e. The summed E-state index contributed by atoms with van der Waals surface area (Å²) >= 11 is 1.87. The SMILES string of the molecule is CC1CSC(NC2CCOC(C)(C)C2)=NC1C. The minimum absolute atomic E-state index is 0.00865. The molecule has 1 fully saturated rings. The standard InChI is InChI=1S/C13H24N2OS/c1-9-8-17-12(14-10(9)2)15-11-5-6-16-13(3,4)7-11/h9-11H,5-8H2,1-4H3,(H,14,15). The zero-order chi connectivity index (χ0) is 12.5. The Kier molecular flexibility index (Phi) is 4.03. The highest BCUT2D eigenvalue weighted by Crippen LogP contribution is 2.26. The predicted octanol–water partition coefficient (Wildman–Crippen LogP) is 2.66. The van der Waals surface area contributed by atoms with Crippen LogP contribution < -0.4 is 5.32 Å². The Balaban J connectivity index is 1.91. The van der Waals surface area contributed by atoms with Crippen molar-refractivity contribution in [1.82, 2.24) is 5.32 Å². The first-order valence-electron chi connectivity index (χ1n) is 6.57. The van der Waals surface area contributed by atoms with Gasteiger partial charge in [0, 0.05) is 18.4 Å². The summed E-state index contributed by atoms with van der Waals surface area (Å²) < 4.78 is 5.74. The molecule has 0 aromatic heterocycles. The average molecular weight is 256 g/mol. The molecule has 0 aromatic carbocycles. The van der Waals surface area contributed by atoms with Crippen LogP contribution in [-0.2, 0) is 4.74 Å². The highest BCUT2D eigenvalue weighted by molar-refractivity contribution is 8.13. The molecule has 0 saturated carbocycles. The maximum absolute atomic E-state index is 5.74. The van der Waals surface area contributed by atoms with E-state index in [-0.39, 0.29) is 5.60 Å². The molecule has 3 unspecified atom stereocenters. The van der Waals surface area contributed by atoms with Gasteiger partial charge in [0.2, 0.25) is 0 Å². The lowest BCUT2D eigenvalue weighted by Crippen LogP contribution is -2.46. The third-order valence-electron chi connectivity index (χ3n) is 3.65. The van der Waals surface area contributed by atoms with Gasteiger partial charge >= 0.3 is 0 Å². The topological polar surface area (TPSA) is 33.6 Å². The first kappa shape index (κ1) is 13.2. The molecular formula is C13H24N2OS. The van der Waals surface area contributed by atoms with Crippen molar-refractivity contribution in [3.8, 4) is 0 Å². The van der Waals surface area contributed by atoms with Gasteiger partial charge in [-0.05, 0) is 39.5 Å². The summed E-state index contributed by atoms with van der Waals surface area (Å²) in [6.07, 6.45) is 2.16. The Hall–Kier alpha value is -0.220. The fourth-order valence-corrected chi connectivity index (χ4v) is 3.50. The third-order valence-corrected chi connectivity index (χ3v) is 4.84. The molecule has 0 radical (unpaired) electrons. The van der Waals surface area contributed by atoms with E-state index in [4.69, 9.17) is 9.73 Å². The summed E-state index contributed by atoms with van der Waals surface area (Å²) in [5.41, 5.74) is 0.00865. The molecule has 98 valence electrons. The normalized spacial score (nSPS) is 37.4. The van der Waals surface area contributed by atoms with Crippen LogP contribution >= 0.6 is 11.8 Å². The van der Waals surface area contributed by atoms with Gasteiger partial charge in [0.05, 0.1) is 11.6 Å². The van der Waals surface area contributed by atoms with Crippen molar-refractivity contribution >= 4 is 16.9 Å². The molecular weight excluding hydrogens is 232 g/mol. The molecule has 3 nitrogen and oxygen atoms in total. The van der Waals surface area contributed by atoms with Gasteiger partial charge < -0.3 is 10.1 Å². The minimum Gasteiger partial charge on any atom is -0.375 e. The van der Waals surface area contributed by atoms with Gasteiger partial charge in [0.1, 0.15) is 0 Å². The fraction of sp³-hybridized carbons (Fsp3) is 0.923. The van der Waals surface area contributed by atoms with Gasteiger partial charge in [0.15, 0.2) is 5.17 Å². The van der Waals surface area contributed by atoms with Crippen molar-refractivity contribution in [1.29, 1.82) is 0 Å². The molecule has 3 atom stereocenters. The monoisotopic (exact) mass is 256 g/mol. The van der Waals surface area contributed by atoms with Crippen molar-refractivity contribution in [2.45, 2.75) is 58.2 Å². The van der Waals surface area contributed by atoms with E-state index in [1.165, 1.54) is 5.75 Å². The second kappa shape index (κ2) is 5.19. The molecule has 1 N–H and O–H groups in total. The van der Waals surface area contributed by atoms with E-state index < -0.39 is 0 Å². The number of aliphatic imine (C=N–C) groups is 1. The molecule has 2 rings (SSSR count). The number of thioether (sulfide) groups is 1. The molecule has 1 saturated heterocycles. The summed E-state index contributed by atoms with van der Waals surface area (Å²) in [7, 11) is 0. The van der Waals surface area contributed by atoms with E-state index in [9.17, 15) is 0 Å². The Labute approximate surface area is 109 Å². The van der Waals surface area contributed by atoms with Gasteiger partial charge in [-0.2, -0.15) is 0 Å². The molecule has 17 heavy (non-hydrogen) atoms. The number of nitrogens with zero attached hydrogens (tertiary/aromatic N) is 1. The first-order chi connectivity index (χ1) is 7.96. The lowest BCUT2D eigenvalue weighted by atomic mass is 9.94. The second-order valence-corrected chi connectivity index (χ2v) is 6.91. The molecule has 2 heterocycles. The summed E-state index contributed by atoms with van der Waals surface area (Å²) in [6, 6.07) is 0.970. The van der Waals surface area contributed by atoms with Crippen LogP contribution in [0.25, 0.3) is 0 Å². The summed E-state index contributed by atoms with van der Waals surface area (Å²) in [5.74, 6) is 1.87. The summed E-state index contributed by atoms with van der Waals surface area (Å²) in [5, 5.41) is 4.73. The molecule has 2 aliphatic rings. The van der Waals surface area contributed by atoms with Gasteiger partial charge in [-0.3, -0.25) is 4.99 Å². The highest BCUT2D eigenvalue weighted by atomic mass is 32.2. The number of ether oxygens (including phenoxy) is 1. The van der Waals surface area contributed by atoms with Crippen LogP contribution in [-0.4, -0.2) is 35.2 Å². The van der Waals surface area contributed by atoms with E-state index in [1.807, 2.05) is 11.8 Å². The van der Waals surface area contributed by atoms with E-state index in [2.05, 4.69) is 33.0 Å². The number of hydrogen-bond acceptors (Lipinski definition) is 4. The van der Waals surface area contributed by atoms with Crippen molar-refractivity contribution in [2.24, 2.45) is 10.9 Å². The number of hydrogen-bond donors (Lipinski definition) is 1. The Morgan fingerprint density at radius 2 is 2.18 bits per heavy atom. The zero-order valence-corrected chi connectivity index (χ0v) is 12.1. The molecule has 0 bridgehead atoms. The molecule has 0 amide bonds. The average Bonchev–Trinajstić information content (AvgIpc) is 2.22. The van der Waals surface area contributed by atoms with E-state index in [1.54, 1.807) is 0 Å². The number of rotatable bonds is 1. The Morgan fingerprint density at radius 1 is 1.41 bits per heavy atom. The third kappa shape index (κ3) is 3.62. The zero-order valence-electron chi connectivity index (χ0n) is 11.3. The van der Waals surface area contributed by atoms with Gasteiger partial charge in [-0.1, -0.05) is 18.7 Å². The van der Waals surface area contributed by atoms with Crippen LogP contribution in [0.3, 0.4) is 0 Å². The van der Waals surface area contributed by atoms with Crippen LogP contribution in [0.2, 0.25) is 0 Å². The maximum atomic E-state index is 5.74. The maximum Gasteiger partial charge on any atom is 0.157 e. The van der Waals surface area contributed by atoms with Gasteiger partial charge in [0.25, 0.3) is 0 Å². The van der Waals surface area contributed by atoms with Crippen LogP contribution in [0.5, 0.6) is 0 Å². The summed E-state index contributed by atoms with van der Waals surface area (Å²) in [6.45, 7) is 9.67. The number of nitrogens with one attached hydrogen (secondary N) is 1. The molecule has 0 spiro atoms. The van der Waals surface area contributed by atoms with Crippen LogP contribution in [0.1, 0.15) is 40.5 Å². The first-order valence-corrected chi connectivity index (χ1v) is 7.56. The van der Waals surface area contributed by atoms with E-state index >= 15 is 0 Å². The van der Waals surface area contributed by atoms with Crippen LogP contribution in [0, 0.1) is 5.92 Å². The lowest BCUT2D eigenvalue weighted by Gasteiger charge is -2.37. The van der Waals surface area contributed by atoms with Crippen LogP contribution in [0.4, 0.5) is 0 Å². The van der Waals surface area contributed by atoms with Crippen molar-refractivity contribution in [3.05, 3.63) is 0 Å². The predicted molar refractivity (Wildman–Crippen MR) is 74.7 cm³/mol. The highest BCUT2D eigenvalue weighted by Gasteiger charge is 2.30. The van der Waals surface area contributed by atoms with Gasteiger partial charge in [-0.25, -0.2) is 0 Å². The molecule has 0 aliphatic carbocycles. The Morgan fingerprint density at radius 3 is 2.82 bits per heavy atom. The van der Waals surface area contributed by atoms with Crippen LogP contribution in [0.15, 0.2) is 4.99 Å². The van der Waals surface area contributed by atoms with Crippen molar-refractivity contribution in [2.75, 3.05) is 12.4 Å². The second-order valence-electron chi connectivity index (χ2n) is 5.91. The fourth-order valence-electron chi connectivity index (χ4n) is 2.31. The minimum atomic E-state index is 0.00865. The quantitative estimate of drug-likeness (QED) is 0.783. The Bertz CT molecular complexity index is 304. The molecule has 4 heteroatoms. The largest absolute Gasteiger partial charge is 0.375 e. The summed E-state index contributed by atoms with van der Waals surface area (Å²) in [4.78, 5) is 4.73. The van der Waals surface area contributed by atoms with Crippen molar-refractivity contribution in [3.63, 3.8) is 0 Å². The van der Waals surface area contributed by atoms with Crippen molar-refractivity contribution < 1.29 is 4.74 Å². The van der Waals surface area contributed by atoms with E-state index in [0.717, 1.165) is 24.6 Å². The lowest BCUT2D eigenvalue weighted by molar-refractivity contribution is -0.0603. The molecule has 0 aromatic rings. The van der Waals surface area contributed by atoms with E-state index in [0.29, 0.717) is 18.0 Å². The molecule has 2 aliphatic heterocycles. The van der Waals surface area contributed by atoms with Gasteiger partial charge in [-0.15, -0.1) is 0 Å². The number of amidine groups is 1.